The molecule has 0 bridgehead atoms. The molecule has 9 heavy (non-hydrogen) atoms. The maximum atomic E-state index is 9.18. The Balaban J connectivity index is 0. The molecular formula is C2H2N4O3. The number of isocyanates is 1. The highest BCUT2D eigenvalue weighted by atomic mass is 16.4. The van der Waals surface area contributed by atoms with Crippen LogP contribution in [0.3, 0.4) is 0 Å². The predicted octanol–water partition coefficient (Wildman–Crippen LogP) is 0.876. The van der Waals surface area contributed by atoms with Crippen molar-refractivity contribution in [2.45, 2.75) is 0 Å². The Labute approximate surface area is 49.0 Å². The van der Waals surface area contributed by atoms with E-state index in [-0.39, 0.29) is 0 Å². The number of carbonyl (C=O) groups is 1. The summed E-state index contributed by atoms with van der Waals surface area (Å²) in [6, 6.07) is 0. The van der Waals surface area contributed by atoms with Gasteiger partial charge in [-0.05, 0) is 5.53 Å². The number of azide groups is 1. The van der Waals surface area contributed by atoms with Crippen molar-refractivity contribution in [3.05, 3.63) is 10.4 Å². The number of hydrogen-bond donors (Lipinski definition) is 2. The zero-order chi connectivity index (χ0) is 7.70. The molecule has 0 fully saturated rings. The smallest absolute Gasteiger partial charge is 0.394 e. The van der Waals surface area contributed by atoms with Crippen molar-refractivity contribution in [2.24, 2.45) is 5.11 Å². The van der Waals surface area contributed by atoms with Gasteiger partial charge in [0.05, 0.1) is 0 Å². The molecule has 0 spiro atoms. The average Bonchev–Trinajstić information content (AvgIpc) is 1.67. The lowest BCUT2D eigenvalue weighted by molar-refractivity contribution is 0.205. The van der Waals surface area contributed by atoms with Crippen LogP contribution in [-0.2, 0) is 4.79 Å². The second kappa shape index (κ2) is 9.48. The van der Waals surface area contributed by atoms with Gasteiger partial charge >= 0.3 is 6.09 Å². The van der Waals surface area contributed by atoms with Crippen LogP contribution in [-0.4, -0.2) is 17.3 Å². The topological polar surface area (TPSA) is 127 Å². The van der Waals surface area contributed by atoms with Gasteiger partial charge in [0.1, 0.15) is 0 Å². The van der Waals surface area contributed by atoms with Crippen LogP contribution in [0.4, 0.5) is 4.79 Å². The summed E-state index contributed by atoms with van der Waals surface area (Å²) in [5, 5.41) is 15.1. The molecule has 0 saturated carbocycles. The van der Waals surface area contributed by atoms with Crippen LogP contribution in [0, 0.1) is 5.41 Å². The Hall–Kier alpha value is -1.84. The molecule has 0 saturated heterocycles. The fourth-order valence-electron chi connectivity index (χ4n) is 0.0383. The van der Waals surface area contributed by atoms with Crippen LogP contribution in [0.25, 0.3) is 10.4 Å². The molecule has 0 aromatic carbocycles. The van der Waals surface area contributed by atoms with Crippen LogP contribution < -0.4 is 0 Å². The lowest BCUT2D eigenvalue weighted by Gasteiger charge is -1.62. The molecule has 0 aliphatic heterocycles. The molecule has 0 aliphatic carbocycles. The lowest BCUT2D eigenvalue weighted by atomic mass is 11.3. The third-order valence-electron chi connectivity index (χ3n) is 0.130. The van der Waals surface area contributed by atoms with Gasteiger partial charge in [-0.3, -0.25) is 0 Å². The number of carbonyl (C=O) groups excluding carboxylic acids is 1. The van der Waals surface area contributed by atoms with E-state index in [9.17, 15) is 4.79 Å². The first-order chi connectivity index (χ1) is 4.18. The molecular weight excluding hydrogens is 128 g/mol. The average molecular weight is 130 g/mol. The molecule has 2 N–H and O–H groups in total. The Morgan fingerprint density at radius 3 is 2.22 bits per heavy atom. The Bertz CT molecular complexity index is 163. The fourth-order valence-corrected chi connectivity index (χ4v) is 0.0383. The van der Waals surface area contributed by atoms with Gasteiger partial charge in [-0.2, -0.15) is 0 Å². The van der Waals surface area contributed by atoms with Crippen molar-refractivity contribution in [3.63, 3.8) is 0 Å². The molecule has 0 unspecified atom stereocenters. The number of hydrogen-bond acceptors (Lipinski definition) is 3. The molecule has 0 aromatic heterocycles. The summed E-state index contributed by atoms with van der Waals surface area (Å²) in [6.45, 7) is 0. The standard InChI is InChI=1S/CHN3O2.CHNO/c2-4-3-1(5)6;2-1-3/h(H,5,6);2H. The molecule has 7 heteroatoms. The summed E-state index contributed by atoms with van der Waals surface area (Å²) in [7, 11) is 0. The van der Waals surface area contributed by atoms with Crippen molar-refractivity contribution in [3.8, 4) is 0 Å². The van der Waals surface area contributed by atoms with Crippen molar-refractivity contribution in [2.75, 3.05) is 0 Å². The minimum absolute atomic E-state index is 0.750. The zero-order valence-corrected chi connectivity index (χ0v) is 4.11. The fraction of sp³-hybridized carbons (Fsp3) is 0. The maximum Gasteiger partial charge on any atom is 0.394 e. The van der Waals surface area contributed by atoms with E-state index >= 15 is 0 Å². The van der Waals surface area contributed by atoms with Crippen LogP contribution in [0.2, 0.25) is 0 Å². The summed E-state index contributed by atoms with van der Waals surface area (Å²) >= 11 is 0. The lowest BCUT2D eigenvalue weighted by Crippen LogP contribution is -1.77. The highest BCUT2D eigenvalue weighted by Gasteiger charge is 1.79. The number of amides is 1. The van der Waals surface area contributed by atoms with Crippen molar-refractivity contribution >= 4 is 12.2 Å². The summed E-state index contributed by atoms with van der Waals surface area (Å²) in [6.07, 6.45) is -0.752. The van der Waals surface area contributed by atoms with Crippen LogP contribution in [0.5, 0.6) is 0 Å². The molecule has 0 radical (unpaired) electrons. The summed E-state index contributed by atoms with van der Waals surface area (Å²) in [4.78, 5) is 19.5. The second-order valence-electron chi connectivity index (χ2n) is 0.574. The van der Waals surface area contributed by atoms with Gasteiger partial charge in [-0.25, -0.2) is 15.0 Å². The third kappa shape index (κ3) is 79.2. The SMILES string of the molecule is N=C=O.[N-]=[N+]=NC(=O)O. The normalized spacial score (nSPS) is 4.89. The van der Waals surface area contributed by atoms with E-state index in [1.54, 1.807) is 0 Å². The van der Waals surface area contributed by atoms with Crippen LogP contribution in [0.1, 0.15) is 0 Å². The quantitative estimate of drug-likeness (QED) is 0.166. The van der Waals surface area contributed by atoms with Gasteiger partial charge in [0.15, 0.2) is 0 Å². The predicted molar refractivity (Wildman–Crippen MR) is 25.6 cm³/mol. The Morgan fingerprint density at radius 2 is 2.22 bits per heavy atom. The van der Waals surface area contributed by atoms with E-state index in [4.69, 9.17) is 20.8 Å². The van der Waals surface area contributed by atoms with Gasteiger partial charge in [-0.1, -0.05) is 0 Å². The van der Waals surface area contributed by atoms with Crippen molar-refractivity contribution in [1.29, 1.82) is 5.41 Å². The first-order valence-corrected chi connectivity index (χ1v) is 1.51. The minimum atomic E-state index is -1.50. The zero-order valence-electron chi connectivity index (χ0n) is 4.11. The Kier molecular flexibility index (Phi) is 10.7. The van der Waals surface area contributed by atoms with E-state index in [2.05, 4.69) is 5.11 Å². The molecule has 0 rings (SSSR count). The number of rotatable bonds is 0. The van der Waals surface area contributed by atoms with Gasteiger partial charge in [0, 0.05) is 10.0 Å². The molecule has 0 heterocycles. The largest absolute Gasteiger partial charge is 0.476 e. The van der Waals surface area contributed by atoms with Gasteiger partial charge in [0.25, 0.3) is 0 Å². The van der Waals surface area contributed by atoms with Crippen molar-refractivity contribution < 1.29 is 14.7 Å². The van der Waals surface area contributed by atoms with E-state index in [0.29, 0.717) is 0 Å². The molecule has 0 aromatic rings. The van der Waals surface area contributed by atoms with E-state index < -0.39 is 6.09 Å². The van der Waals surface area contributed by atoms with E-state index in [1.807, 2.05) is 4.91 Å². The van der Waals surface area contributed by atoms with Gasteiger partial charge < -0.3 is 5.11 Å². The van der Waals surface area contributed by atoms with E-state index in [0.717, 1.165) is 6.08 Å². The minimum Gasteiger partial charge on any atom is -0.476 e. The highest BCUT2D eigenvalue weighted by Crippen LogP contribution is 1.67. The number of nitrogens with zero attached hydrogens (tertiary/aromatic N) is 3. The first-order valence-electron chi connectivity index (χ1n) is 1.51. The summed E-state index contributed by atoms with van der Waals surface area (Å²) in [5.41, 5.74) is 7.31. The molecule has 0 atom stereocenters. The van der Waals surface area contributed by atoms with Crippen molar-refractivity contribution in [1.82, 2.24) is 0 Å². The van der Waals surface area contributed by atoms with Gasteiger partial charge in [-0.15, -0.1) is 0 Å². The molecule has 7 nitrogen and oxygen atoms in total. The number of carboxylic acid groups (broad SMARTS) is 1. The van der Waals surface area contributed by atoms with Gasteiger partial charge in [0.2, 0.25) is 6.08 Å². The van der Waals surface area contributed by atoms with Crippen LogP contribution >= 0.6 is 0 Å². The molecule has 48 valence electrons. The summed E-state index contributed by atoms with van der Waals surface area (Å²) in [5.74, 6) is 0. The summed E-state index contributed by atoms with van der Waals surface area (Å²) < 4.78 is 0. The second-order valence-corrected chi connectivity index (χ2v) is 0.574. The molecule has 1 amide bonds. The molecule has 0 aliphatic rings. The monoisotopic (exact) mass is 130 g/mol. The van der Waals surface area contributed by atoms with Crippen LogP contribution in [0.15, 0.2) is 5.11 Å². The first kappa shape index (κ1) is 10.2. The number of nitrogens with one attached hydrogen (secondary N) is 1. The third-order valence-corrected chi connectivity index (χ3v) is 0.130. The Morgan fingerprint density at radius 1 is 1.89 bits per heavy atom. The van der Waals surface area contributed by atoms with E-state index in [1.165, 1.54) is 0 Å². The maximum absolute atomic E-state index is 9.18. The highest BCUT2D eigenvalue weighted by molar-refractivity contribution is 5.65.